The van der Waals surface area contributed by atoms with Gasteiger partial charge in [0.2, 0.25) is 0 Å². The Bertz CT molecular complexity index is 697. The van der Waals surface area contributed by atoms with Gasteiger partial charge in [-0.25, -0.2) is 4.98 Å². The third-order valence-corrected chi connectivity index (χ3v) is 4.17. The summed E-state index contributed by atoms with van der Waals surface area (Å²) in [6.45, 7) is 4.05. The Hall–Kier alpha value is -1.59. The lowest BCUT2D eigenvalue weighted by Crippen LogP contribution is -2.10. The van der Waals surface area contributed by atoms with Crippen LogP contribution in [0.4, 0.5) is 0 Å². The van der Waals surface area contributed by atoms with Crippen LogP contribution >= 0.6 is 11.6 Å². The number of pyridine rings is 1. The fourth-order valence-electron chi connectivity index (χ4n) is 1.61. The summed E-state index contributed by atoms with van der Waals surface area (Å²) in [5.74, 6) is 0.574. The molecule has 0 atom stereocenters. The van der Waals surface area contributed by atoms with Gasteiger partial charge in [0, 0.05) is 0 Å². The smallest absolute Gasteiger partial charge is 0.340 e. The minimum absolute atomic E-state index is 0.0307. The molecular weight excluding hydrogens is 298 g/mol. The first-order valence-corrected chi connectivity index (χ1v) is 7.83. The lowest BCUT2D eigenvalue weighted by molar-refractivity contribution is 0.485. The van der Waals surface area contributed by atoms with Crippen molar-refractivity contribution in [2.24, 2.45) is 0 Å². The molecule has 0 bridgehead atoms. The van der Waals surface area contributed by atoms with Gasteiger partial charge in [0.1, 0.15) is 15.8 Å². The quantitative estimate of drug-likeness (QED) is 0.639. The van der Waals surface area contributed by atoms with Crippen molar-refractivity contribution in [1.29, 1.82) is 0 Å². The molecule has 0 unspecified atom stereocenters. The highest BCUT2D eigenvalue weighted by Crippen LogP contribution is 2.23. The van der Waals surface area contributed by atoms with E-state index in [1.807, 2.05) is 19.9 Å². The van der Waals surface area contributed by atoms with Crippen LogP contribution in [-0.2, 0) is 10.1 Å². The summed E-state index contributed by atoms with van der Waals surface area (Å²) in [5, 5.41) is 0.228. The predicted octanol–water partition coefficient (Wildman–Crippen LogP) is 3.63. The molecule has 1 heterocycles. The van der Waals surface area contributed by atoms with Gasteiger partial charge in [-0.15, -0.1) is 0 Å². The lowest BCUT2D eigenvalue weighted by Gasteiger charge is -2.10. The number of halogens is 1. The number of benzene rings is 1. The molecule has 0 aliphatic heterocycles. The number of nitrogens with zero attached hydrogens (tertiary/aromatic N) is 1. The summed E-state index contributed by atoms with van der Waals surface area (Å²) >= 11 is 5.63. The van der Waals surface area contributed by atoms with Crippen molar-refractivity contribution in [3.63, 3.8) is 0 Å². The molecule has 20 heavy (non-hydrogen) atoms. The summed E-state index contributed by atoms with van der Waals surface area (Å²) in [6.07, 6.45) is 1.17. The number of hydrogen-bond acceptors (Lipinski definition) is 4. The van der Waals surface area contributed by atoms with E-state index in [0.29, 0.717) is 5.92 Å². The summed E-state index contributed by atoms with van der Waals surface area (Å²) < 4.78 is 29.3. The van der Waals surface area contributed by atoms with Gasteiger partial charge in [-0.3, -0.25) is 0 Å². The zero-order chi connectivity index (χ0) is 14.8. The van der Waals surface area contributed by atoms with E-state index in [4.69, 9.17) is 15.8 Å². The summed E-state index contributed by atoms with van der Waals surface area (Å²) in [4.78, 5) is 3.71. The van der Waals surface area contributed by atoms with Crippen LogP contribution in [0.25, 0.3) is 0 Å². The average molecular weight is 312 g/mol. The van der Waals surface area contributed by atoms with Crippen LogP contribution in [0.3, 0.4) is 0 Å². The molecule has 1 aromatic heterocycles. The van der Waals surface area contributed by atoms with E-state index in [-0.39, 0.29) is 15.8 Å². The van der Waals surface area contributed by atoms with E-state index in [2.05, 4.69) is 4.98 Å². The first-order chi connectivity index (χ1) is 9.38. The average Bonchev–Trinajstić information content (AvgIpc) is 2.39. The Morgan fingerprint density at radius 2 is 1.95 bits per heavy atom. The molecule has 6 heteroatoms. The largest absolute Gasteiger partial charge is 0.379 e. The molecule has 0 N–H and O–H groups in total. The molecule has 0 radical (unpaired) electrons. The maximum absolute atomic E-state index is 12.1. The molecule has 106 valence electrons. The van der Waals surface area contributed by atoms with Gasteiger partial charge >= 0.3 is 10.1 Å². The molecule has 0 fully saturated rings. The van der Waals surface area contributed by atoms with Crippen molar-refractivity contribution in [2.45, 2.75) is 24.7 Å². The summed E-state index contributed by atoms with van der Waals surface area (Å²) in [5.41, 5.74) is 1.01. The van der Waals surface area contributed by atoms with E-state index < -0.39 is 10.1 Å². The zero-order valence-corrected chi connectivity index (χ0v) is 12.6. The van der Waals surface area contributed by atoms with Gasteiger partial charge in [0.05, 0.1) is 6.20 Å². The Morgan fingerprint density at radius 1 is 1.20 bits per heavy atom. The van der Waals surface area contributed by atoms with Crippen LogP contribution in [0.1, 0.15) is 25.3 Å². The van der Waals surface area contributed by atoms with Crippen LogP contribution in [0.2, 0.25) is 5.15 Å². The highest BCUT2D eigenvalue weighted by molar-refractivity contribution is 7.87. The highest BCUT2D eigenvalue weighted by atomic mass is 35.5. The molecule has 2 rings (SSSR count). The maximum Gasteiger partial charge on any atom is 0.340 e. The van der Waals surface area contributed by atoms with E-state index >= 15 is 0 Å². The summed E-state index contributed by atoms with van der Waals surface area (Å²) in [7, 11) is -3.89. The predicted molar refractivity (Wildman–Crippen MR) is 77.6 cm³/mol. The van der Waals surface area contributed by atoms with Crippen LogP contribution in [-0.4, -0.2) is 13.4 Å². The first kappa shape index (κ1) is 14.8. The van der Waals surface area contributed by atoms with Crippen molar-refractivity contribution in [3.8, 4) is 5.75 Å². The second kappa shape index (κ2) is 5.81. The standard InChI is InChI=1S/C14H14ClNO3S/c1-10(2)11-4-3-5-12(8-11)19-20(17,18)13-6-7-14(15)16-9-13/h3-10H,1-2H3. The third-order valence-electron chi connectivity index (χ3n) is 2.72. The van der Waals surface area contributed by atoms with Gasteiger partial charge in [0.15, 0.2) is 0 Å². The van der Waals surface area contributed by atoms with Crippen molar-refractivity contribution < 1.29 is 12.6 Å². The molecule has 0 aliphatic rings. The fourth-order valence-corrected chi connectivity index (χ4v) is 2.59. The number of aromatic nitrogens is 1. The van der Waals surface area contributed by atoms with Crippen molar-refractivity contribution in [3.05, 3.63) is 53.3 Å². The van der Waals surface area contributed by atoms with Gasteiger partial charge in [-0.05, 0) is 35.7 Å². The molecule has 0 spiro atoms. The van der Waals surface area contributed by atoms with Crippen LogP contribution in [0.5, 0.6) is 5.75 Å². The van der Waals surface area contributed by atoms with Gasteiger partial charge in [-0.2, -0.15) is 8.42 Å². The molecule has 2 aromatic rings. The Kier molecular flexibility index (Phi) is 4.30. The molecular formula is C14H14ClNO3S. The fraction of sp³-hybridized carbons (Fsp3) is 0.214. The molecule has 0 amide bonds. The van der Waals surface area contributed by atoms with Crippen LogP contribution in [0.15, 0.2) is 47.5 Å². The monoisotopic (exact) mass is 311 g/mol. The molecule has 0 saturated carbocycles. The number of rotatable bonds is 4. The van der Waals surface area contributed by atoms with E-state index in [0.717, 1.165) is 5.56 Å². The van der Waals surface area contributed by atoms with Crippen molar-refractivity contribution in [1.82, 2.24) is 4.98 Å². The second-order valence-corrected chi connectivity index (χ2v) is 6.51. The first-order valence-electron chi connectivity index (χ1n) is 6.04. The minimum atomic E-state index is -3.89. The van der Waals surface area contributed by atoms with E-state index in [9.17, 15) is 8.42 Å². The summed E-state index contributed by atoms with van der Waals surface area (Å²) in [6, 6.07) is 9.77. The van der Waals surface area contributed by atoms with Gasteiger partial charge in [-0.1, -0.05) is 37.6 Å². The third kappa shape index (κ3) is 3.49. The SMILES string of the molecule is CC(C)c1cccc(OS(=O)(=O)c2ccc(Cl)nc2)c1. The van der Waals surface area contributed by atoms with E-state index in [1.165, 1.54) is 18.3 Å². The minimum Gasteiger partial charge on any atom is -0.379 e. The van der Waals surface area contributed by atoms with Crippen molar-refractivity contribution in [2.75, 3.05) is 0 Å². The molecule has 0 saturated heterocycles. The number of hydrogen-bond donors (Lipinski definition) is 0. The lowest BCUT2D eigenvalue weighted by atomic mass is 10.0. The Morgan fingerprint density at radius 3 is 2.55 bits per heavy atom. The maximum atomic E-state index is 12.1. The topological polar surface area (TPSA) is 56.3 Å². The van der Waals surface area contributed by atoms with Crippen molar-refractivity contribution >= 4 is 21.7 Å². The molecule has 4 nitrogen and oxygen atoms in total. The Labute approximate surface area is 123 Å². The second-order valence-electron chi connectivity index (χ2n) is 4.58. The molecule has 0 aliphatic carbocycles. The zero-order valence-electron chi connectivity index (χ0n) is 11.1. The van der Waals surface area contributed by atoms with Gasteiger partial charge < -0.3 is 4.18 Å². The molecule has 1 aromatic carbocycles. The normalized spacial score (nSPS) is 11.6. The highest BCUT2D eigenvalue weighted by Gasteiger charge is 2.17. The van der Waals surface area contributed by atoms with Crippen LogP contribution < -0.4 is 4.18 Å². The van der Waals surface area contributed by atoms with E-state index in [1.54, 1.807) is 18.2 Å². The van der Waals surface area contributed by atoms with Crippen LogP contribution in [0, 0.1) is 0 Å². The Balaban J connectivity index is 2.28. The van der Waals surface area contributed by atoms with Gasteiger partial charge in [0.25, 0.3) is 0 Å².